The molecule has 1 rings (SSSR count). The van der Waals surface area contributed by atoms with Gasteiger partial charge in [0.05, 0.1) is 25.5 Å². The summed E-state index contributed by atoms with van der Waals surface area (Å²) in [7, 11) is -1.79. The fraction of sp³-hybridized carbons (Fsp3) is 0.647. The summed E-state index contributed by atoms with van der Waals surface area (Å²) in [5.41, 5.74) is 15.8. The maximum atomic E-state index is 8.17. The van der Waals surface area contributed by atoms with Crippen LogP contribution >= 0.6 is 0 Å². The Labute approximate surface area is 151 Å². The molecule has 0 aliphatic carbocycles. The number of hydrogen-bond donors (Lipinski definition) is 1. The molecule has 0 saturated carbocycles. The molecule has 140 valence electrons. The maximum Gasteiger partial charge on any atom is 0.192 e. The minimum Gasteiger partial charge on any atom is -0.489 e. The highest BCUT2D eigenvalue weighted by molar-refractivity contribution is 6.74. The van der Waals surface area contributed by atoms with Crippen LogP contribution in [0.3, 0.4) is 0 Å². The third-order valence-corrected chi connectivity index (χ3v) is 8.85. The zero-order valence-corrected chi connectivity index (χ0v) is 16.9. The monoisotopic (exact) mass is 366 g/mol. The van der Waals surface area contributed by atoms with Gasteiger partial charge in [0.15, 0.2) is 8.32 Å². The molecule has 0 radical (unpaired) electrons. The van der Waals surface area contributed by atoms with Gasteiger partial charge in [0, 0.05) is 11.5 Å². The Hall–Kier alpha value is -1.73. The van der Waals surface area contributed by atoms with Crippen molar-refractivity contribution in [1.29, 1.82) is 0 Å². The van der Waals surface area contributed by atoms with Gasteiger partial charge < -0.3 is 19.6 Å². The van der Waals surface area contributed by atoms with Gasteiger partial charge in [-0.05, 0) is 41.4 Å². The second-order valence-corrected chi connectivity index (χ2v) is 12.1. The van der Waals surface area contributed by atoms with E-state index in [1.165, 1.54) is 0 Å². The second kappa shape index (κ2) is 9.67. The molecule has 0 saturated heterocycles. The molecule has 0 bridgehead atoms. The highest BCUT2D eigenvalue weighted by atomic mass is 28.4. The molecule has 25 heavy (non-hydrogen) atoms. The van der Waals surface area contributed by atoms with Gasteiger partial charge in [0.25, 0.3) is 0 Å². The number of rotatable bonds is 10. The van der Waals surface area contributed by atoms with Gasteiger partial charge in [-0.1, -0.05) is 32.0 Å². The van der Waals surface area contributed by atoms with Crippen molar-refractivity contribution in [3.05, 3.63) is 34.2 Å². The van der Waals surface area contributed by atoms with Crippen LogP contribution in [0, 0.1) is 0 Å². The van der Waals surface area contributed by atoms with E-state index in [1.54, 1.807) is 0 Å². The lowest BCUT2D eigenvalue weighted by molar-refractivity contribution is 0.106. The number of ether oxygens (including phenoxy) is 2. The molecule has 8 heteroatoms. The maximum absolute atomic E-state index is 8.17. The summed E-state index contributed by atoms with van der Waals surface area (Å²) in [5, 5.41) is 3.57. The van der Waals surface area contributed by atoms with Crippen LogP contribution in [0.2, 0.25) is 18.1 Å². The van der Waals surface area contributed by atoms with Crippen molar-refractivity contribution >= 4 is 14.0 Å². The topological polar surface area (TPSA) is 102 Å². The first-order chi connectivity index (χ1) is 11.7. The van der Waals surface area contributed by atoms with Gasteiger partial charge in [-0.3, -0.25) is 0 Å². The molecular formula is C17H30N4O3Si. The Morgan fingerprint density at radius 3 is 2.56 bits per heavy atom. The lowest BCUT2D eigenvalue weighted by atomic mass is 10.2. The van der Waals surface area contributed by atoms with E-state index in [9.17, 15) is 0 Å². The van der Waals surface area contributed by atoms with Crippen molar-refractivity contribution in [3.63, 3.8) is 0 Å². The van der Waals surface area contributed by atoms with Crippen LogP contribution in [0.25, 0.3) is 10.4 Å². The van der Waals surface area contributed by atoms with E-state index in [0.717, 1.165) is 5.56 Å². The lowest BCUT2D eigenvalue weighted by Crippen LogP contribution is -2.40. The summed E-state index contributed by atoms with van der Waals surface area (Å²) in [5.74, 6) is 0.634. The number of nitrogens with two attached hydrogens (primary N) is 1. The van der Waals surface area contributed by atoms with Crippen LogP contribution in [-0.4, -0.2) is 34.7 Å². The first kappa shape index (κ1) is 21.3. The molecule has 0 aliphatic heterocycles. The minimum absolute atomic E-state index is 0.174. The summed E-state index contributed by atoms with van der Waals surface area (Å²) in [4.78, 5) is 2.66. The van der Waals surface area contributed by atoms with Crippen molar-refractivity contribution in [2.45, 2.75) is 45.5 Å². The minimum atomic E-state index is -1.79. The standard InChI is InChI=1S/C17H30N4O3Si/c1-17(2,3)25(4,5)24-13-14-6-7-15(18)16(12-14)23-11-10-22-9-8-20-21-19/h6-7,12H,8-11,13,18H2,1-5H3. The Kier molecular flexibility index (Phi) is 8.25. The molecule has 0 unspecified atom stereocenters. The third-order valence-electron chi connectivity index (χ3n) is 4.37. The number of nitrogens with zero attached hydrogens (tertiary/aromatic N) is 3. The molecule has 0 amide bonds. The highest BCUT2D eigenvalue weighted by Crippen LogP contribution is 2.37. The Bertz CT molecular complexity index is 596. The van der Waals surface area contributed by atoms with Crippen molar-refractivity contribution in [2.24, 2.45) is 5.11 Å². The molecular weight excluding hydrogens is 336 g/mol. The molecule has 0 aromatic heterocycles. The number of anilines is 1. The summed E-state index contributed by atoms with van der Waals surface area (Å²) >= 11 is 0. The van der Waals surface area contributed by atoms with E-state index >= 15 is 0 Å². The van der Waals surface area contributed by atoms with E-state index in [-0.39, 0.29) is 5.04 Å². The first-order valence-corrected chi connectivity index (χ1v) is 11.3. The predicted molar refractivity (Wildman–Crippen MR) is 103 cm³/mol. The Balaban J connectivity index is 2.51. The van der Waals surface area contributed by atoms with Gasteiger partial charge in [0.1, 0.15) is 12.4 Å². The average Bonchev–Trinajstić information content (AvgIpc) is 2.53. The Morgan fingerprint density at radius 2 is 1.92 bits per heavy atom. The highest BCUT2D eigenvalue weighted by Gasteiger charge is 2.37. The molecule has 0 aliphatic rings. The zero-order chi connectivity index (χ0) is 18.9. The average molecular weight is 367 g/mol. The van der Waals surface area contributed by atoms with E-state index < -0.39 is 8.32 Å². The SMILES string of the molecule is CC(C)(C)[Si](C)(C)OCc1ccc(N)c(OCCOCCN=[N+]=[N-])c1. The van der Waals surface area contributed by atoms with Gasteiger partial charge in [0.2, 0.25) is 0 Å². The van der Waals surface area contributed by atoms with Gasteiger partial charge in [-0.25, -0.2) is 0 Å². The fourth-order valence-corrected chi connectivity index (χ4v) is 2.70. The van der Waals surface area contributed by atoms with Crippen LogP contribution in [0.1, 0.15) is 26.3 Å². The van der Waals surface area contributed by atoms with Gasteiger partial charge >= 0.3 is 0 Å². The molecule has 0 fully saturated rings. The molecule has 0 atom stereocenters. The van der Waals surface area contributed by atoms with Gasteiger partial charge in [-0.2, -0.15) is 0 Å². The first-order valence-electron chi connectivity index (χ1n) is 8.41. The lowest BCUT2D eigenvalue weighted by Gasteiger charge is -2.36. The fourth-order valence-electron chi connectivity index (χ4n) is 1.74. The van der Waals surface area contributed by atoms with Crippen molar-refractivity contribution in [3.8, 4) is 5.75 Å². The smallest absolute Gasteiger partial charge is 0.192 e. The van der Waals surface area contributed by atoms with Crippen molar-refractivity contribution < 1.29 is 13.9 Å². The normalized spacial score (nSPS) is 11.9. The second-order valence-electron chi connectivity index (χ2n) is 7.34. The Morgan fingerprint density at radius 1 is 1.20 bits per heavy atom. The number of hydrogen-bond acceptors (Lipinski definition) is 5. The number of benzene rings is 1. The molecule has 0 spiro atoms. The van der Waals surface area contributed by atoms with Crippen LogP contribution in [0.4, 0.5) is 5.69 Å². The van der Waals surface area contributed by atoms with E-state index in [4.69, 9.17) is 25.2 Å². The van der Waals surface area contributed by atoms with Crippen molar-refractivity contribution in [2.75, 3.05) is 32.1 Å². The zero-order valence-electron chi connectivity index (χ0n) is 15.9. The molecule has 1 aromatic rings. The summed E-state index contributed by atoms with van der Waals surface area (Å²) in [6.45, 7) is 13.2. The summed E-state index contributed by atoms with van der Waals surface area (Å²) in [6.07, 6.45) is 0. The summed E-state index contributed by atoms with van der Waals surface area (Å²) in [6, 6.07) is 5.72. The number of azide groups is 1. The third kappa shape index (κ3) is 7.35. The van der Waals surface area contributed by atoms with Crippen molar-refractivity contribution in [1.82, 2.24) is 0 Å². The van der Waals surface area contributed by atoms with E-state index in [0.29, 0.717) is 44.4 Å². The molecule has 0 heterocycles. The van der Waals surface area contributed by atoms with E-state index in [1.807, 2.05) is 18.2 Å². The molecule has 1 aromatic carbocycles. The predicted octanol–water partition coefficient (Wildman–Crippen LogP) is 4.50. The van der Waals surface area contributed by atoms with Crippen LogP contribution < -0.4 is 10.5 Å². The molecule has 2 N–H and O–H groups in total. The summed E-state index contributed by atoms with van der Waals surface area (Å²) < 4.78 is 17.2. The largest absolute Gasteiger partial charge is 0.489 e. The van der Waals surface area contributed by atoms with E-state index in [2.05, 4.69) is 43.9 Å². The van der Waals surface area contributed by atoms with Crippen LogP contribution in [0.15, 0.2) is 23.3 Å². The quantitative estimate of drug-likeness (QED) is 0.164. The molecule has 7 nitrogen and oxygen atoms in total. The van der Waals surface area contributed by atoms with Crippen LogP contribution in [-0.2, 0) is 15.8 Å². The van der Waals surface area contributed by atoms with Gasteiger partial charge in [-0.15, -0.1) is 0 Å². The number of nitrogen functional groups attached to an aromatic ring is 1. The van der Waals surface area contributed by atoms with Crippen LogP contribution in [0.5, 0.6) is 5.75 Å².